The van der Waals surface area contributed by atoms with Gasteiger partial charge in [-0.05, 0) is 6.42 Å². The maximum absolute atomic E-state index is 11.5. The van der Waals surface area contributed by atoms with E-state index < -0.39 is 42.4 Å². The number of hydrogen-bond acceptors (Lipinski definition) is 6. The van der Waals surface area contributed by atoms with Gasteiger partial charge in [0.25, 0.3) is 0 Å². The molecule has 2 unspecified atom stereocenters. The number of amides is 2. The zero-order chi connectivity index (χ0) is 15.7. The third-order valence-corrected chi connectivity index (χ3v) is 2.61. The van der Waals surface area contributed by atoms with Crippen molar-refractivity contribution < 1.29 is 66.6 Å². The van der Waals surface area contributed by atoms with Crippen molar-refractivity contribution in [1.29, 1.82) is 0 Å². The minimum absolute atomic E-state index is 0. The smallest absolute Gasteiger partial charge is 1.00 e. The average Bonchev–Trinajstić information content (AvgIpc) is 2.38. The van der Waals surface area contributed by atoms with Crippen molar-refractivity contribution in [2.24, 2.45) is 5.73 Å². The molecule has 0 heterocycles. The quantitative estimate of drug-likeness (QED) is 0.153. The summed E-state index contributed by atoms with van der Waals surface area (Å²) >= 11 is 3.87. The molecule has 0 aromatic carbocycles. The average molecular weight is 441 g/mol. The number of carboxylic acid groups (broad SMARTS) is 2. The van der Waals surface area contributed by atoms with Crippen LogP contribution >= 0.6 is 12.6 Å². The van der Waals surface area contributed by atoms with Gasteiger partial charge in [-0.2, -0.15) is 12.6 Å². The zero-order valence-electron chi connectivity index (χ0n) is 12.2. The SMILES string of the molecule is NC(CCC(=O)NC(CS)C(=O)NCC(=O)O)C(=O)O.[Al+3].[Cl-].[Cl-].[Cl-]. The molecule has 138 valence electrons. The molecule has 14 heteroatoms. The number of carboxylic acids is 2. The fourth-order valence-electron chi connectivity index (χ4n) is 1.16. The van der Waals surface area contributed by atoms with Gasteiger partial charge < -0.3 is 63.8 Å². The molecule has 0 rings (SSSR count). The van der Waals surface area contributed by atoms with Crippen molar-refractivity contribution in [2.75, 3.05) is 12.3 Å². The molecule has 0 aliphatic heterocycles. The maximum atomic E-state index is 11.5. The van der Waals surface area contributed by atoms with E-state index in [0.717, 1.165) is 0 Å². The van der Waals surface area contributed by atoms with Crippen LogP contribution in [-0.2, 0) is 19.2 Å². The number of nitrogens with one attached hydrogen (secondary N) is 2. The van der Waals surface area contributed by atoms with E-state index in [9.17, 15) is 19.2 Å². The Kier molecular flexibility index (Phi) is 27.5. The first-order valence-corrected chi connectivity index (χ1v) is 6.29. The Balaban J connectivity index is -0.000000301. The number of aliphatic carboxylic acids is 2. The molecule has 24 heavy (non-hydrogen) atoms. The summed E-state index contributed by atoms with van der Waals surface area (Å²) in [6.45, 7) is -0.567. The van der Waals surface area contributed by atoms with Crippen molar-refractivity contribution in [1.82, 2.24) is 10.6 Å². The third-order valence-electron chi connectivity index (χ3n) is 2.25. The minimum Gasteiger partial charge on any atom is -1.00 e. The van der Waals surface area contributed by atoms with Gasteiger partial charge in [-0.25, -0.2) is 0 Å². The summed E-state index contributed by atoms with van der Waals surface area (Å²) in [6, 6.07) is -2.15. The predicted octanol–water partition coefficient (Wildman–Crippen LogP) is -11.6. The van der Waals surface area contributed by atoms with Gasteiger partial charge >= 0.3 is 29.3 Å². The first kappa shape index (κ1) is 34.8. The second-order valence-corrected chi connectivity index (χ2v) is 4.26. The van der Waals surface area contributed by atoms with Gasteiger partial charge in [-0.3, -0.25) is 19.2 Å². The number of nitrogens with two attached hydrogens (primary N) is 1. The Morgan fingerprint density at radius 2 is 1.58 bits per heavy atom. The summed E-state index contributed by atoms with van der Waals surface area (Å²) in [5.41, 5.74) is 5.23. The zero-order valence-corrected chi connectivity index (χ0v) is 16.6. The summed E-state index contributed by atoms with van der Waals surface area (Å²) in [7, 11) is 0. The molecule has 0 aliphatic rings. The number of halogens is 3. The van der Waals surface area contributed by atoms with E-state index in [1.54, 1.807) is 0 Å². The second-order valence-electron chi connectivity index (χ2n) is 3.90. The molecule has 0 saturated heterocycles. The molecule has 0 spiro atoms. The molecule has 0 bridgehead atoms. The van der Waals surface area contributed by atoms with Crippen LogP contribution in [0.15, 0.2) is 0 Å². The normalized spacial score (nSPS) is 10.9. The first-order valence-electron chi connectivity index (χ1n) is 5.66. The number of carbonyl (C=O) groups is 4. The van der Waals surface area contributed by atoms with E-state index in [1.165, 1.54) is 0 Å². The van der Waals surface area contributed by atoms with Crippen molar-refractivity contribution in [2.45, 2.75) is 24.9 Å². The predicted molar refractivity (Wildman–Crippen MR) is 77.0 cm³/mol. The first-order chi connectivity index (χ1) is 9.27. The fraction of sp³-hybridized carbons (Fsp3) is 0.600. The molecule has 0 saturated carbocycles. The van der Waals surface area contributed by atoms with Gasteiger partial charge in [0, 0.05) is 12.2 Å². The molecule has 0 radical (unpaired) electrons. The monoisotopic (exact) mass is 439 g/mol. The molecular weight excluding hydrogens is 424 g/mol. The van der Waals surface area contributed by atoms with Gasteiger partial charge in [0.05, 0.1) is 0 Å². The van der Waals surface area contributed by atoms with Crippen LogP contribution in [0, 0.1) is 0 Å². The van der Waals surface area contributed by atoms with Gasteiger partial charge in [0.15, 0.2) is 0 Å². The molecular formula is C10H17AlCl3N3O6S. The van der Waals surface area contributed by atoms with Gasteiger partial charge in [-0.15, -0.1) is 0 Å². The van der Waals surface area contributed by atoms with Gasteiger partial charge in [-0.1, -0.05) is 0 Å². The molecule has 2 atom stereocenters. The summed E-state index contributed by atoms with van der Waals surface area (Å²) < 4.78 is 0. The molecule has 6 N–H and O–H groups in total. The van der Waals surface area contributed by atoms with Crippen LogP contribution in [0.1, 0.15) is 12.8 Å². The van der Waals surface area contributed by atoms with Crippen LogP contribution in [-0.4, -0.2) is 75.7 Å². The topological polar surface area (TPSA) is 159 Å². The van der Waals surface area contributed by atoms with Crippen molar-refractivity contribution in [3.8, 4) is 0 Å². The molecule has 0 fully saturated rings. The molecule has 0 aromatic heterocycles. The number of carbonyl (C=O) groups excluding carboxylic acids is 2. The Bertz CT molecular complexity index is 408. The van der Waals surface area contributed by atoms with E-state index in [0.29, 0.717) is 0 Å². The molecule has 9 nitrogen and oxygen atoms in total. The van der Waals surface area contributed by atoms with Crippen LogP contribution < -0.4 is 53.6 Å². The van der Waals surface area contributed by atoms with Crippen LogP contribution in [0.5, 0.6) is 0 Å². The van der Waals surface area contributed by atoms with Crippen LogP contribution in [0.25, 0.3) is 0 Å². The van der Waals surface area contributed by atoms with Crippen molar-refractivity contribution in [3.05, 3.63) is 0 Å². The summed E-state index contributed by atoms with van der Waals surface area (Å²) in [5, 5.41) is 21.4. The summed E-state index contributed by atoms with van der Waals surface area (Å²) in [5.74, 6) is -3.70. The number of hydrogen-bond donors (Lipinski definition) is 6. The number of rotatable bonds is 9. The van der Waals surface area contributed by atoms with E-state index in [4.69, 9.17) is 15.9 Å². The Hall–Kier alpha value is -0.408. The van der Waals surface area contributed by atoms with Crippen molar-refractivity contribution >= 4 is 53.7 Å². The van der Waals surface area contributed by atoms with E-state index in [1.807, 2.05) is 0 Å². The van der Waals surface area contributed by atoms with E-state index in [-0.39, 0.29) is 73.2 Å². The summed E-state index contributed by atoms with van der Waals surface area (Å²) in [4.78, 5) is 43.7. The fourth-order valence-corrected chi connectivity index (χ4v) is 1.41. The van der Waals surface area contributed by atoms with E-state index in [2.05, 4.69) is 23.3 Å². The third kappa shape index (κ3) is 16.5. The largest absolute Gasteiger partial charge is 3.00 e. The summed E-state index contributed by atoms with van der Waals surface area (Å²) in [6.07, 6.45) is -0.235. The Morgan fingerprint density at radius 1 is 1.08 bits per heavy atom. The molecule has 0 aliphatic carbocycles. The second kappa shape index (κ2) is 18.9. The van der Waals surface area contributed by atoms with Crippen molar-refractivity contribution in [3.63, 3.8) is 0 Å². The van der Waals surface area contributed by atoms with E-state index >= 15 is 0 Å². The van der Waals surface area contributed by atoms with Gasteiger partial charge in [0.2, 0.25) is 11.8 Å². The number of thiol groups is 1. The maximum Gasteiger partial charge on any atom is 3.00 e. The van der Waals surface area contributed by atoms with Crippen LogP contribution in [0.3, 0.4) is 0 Å². The van der Waals surface area contributed by atoms with Crippen LogP contribution in [0.4, 0.5) is 0 Å². The Morgan fingerprint density at radius 3 is 1.96 bits per heavy atom. The van der Waals surface area contributed by atoms with Gasteiger partial charge in [0.1, 0.15) is 18.6 Å². The molecule has 0 aromatic rings. The Labute approximate surface area is 173 Å². The van der Waals surface area contributed by atoms with Crippen LogP contribution in [0.2, 0.25) is 0 Å². The standard InChI is InChI=1S/C10H17N3O6S.Al.3ClH/c11-5(10(18)19)1-2-7(14)13-6(4-20)9(17)12-3-8(15)16;;;;/h5-6,20H,1-4,11H2,(H,12,17)(H,13,14)(H,15,16)(H,18,19);;3*1H/q;+3;;;/p-3. The minimum atomic E-state index is -1.22. The molecule has 2 amide bonds.